The number of carbonyl (C=O) groups excluding carboxylic acids is 2. The predicted molar refractivity (Wildman–Crippen MR) is 82.9 cm³/mol. The second-order valence-electron chi connectivity index (χ2n) is 4.71. The summed E-state index contributed by atoms with van der Waals surface area (Å²) in [5.74, 6) is 2.33. The van der Waals surface area contributed by atoms with Gasteiger partial charge in [0.05, 0.1) is 0 Å². The highest BCUT2D eigenvalue weighted by molar-refractivity contribution is 8.14. The highest BCUT2D eigenvalue weighted by Crippen LogP contribution is 2.23. The standard InChI is InChI=1S/C14H22O2S2/c1-9(2)13(15)17-7-11(5)12(6)8-18-14(16)10(3)4/h11-12H,1,3,7-8H2,2,4-6H3. The molecule has 2 unspecified atom stereocenters. The van der Waals surface area contributed by atoms with Gasteiger partial charge >= 0.3 is 0 Å². The van der Waals surface area contributed by atoms with E-state index in [0.29, 0.717) is 23.0 Å². The third kappa shape index (κ3) is 7.07. The van der Waals surface area contributed by atoms with E-state index < -0.39 is 0 Å². The summed E-state index contributed by atoms with van der Waals surface area (Å²) in [5, 5.41) is 0.111. The predicted octanol–water partition coefficient (Wildman–Crippen LogP) is 3.93. The minimum Gasteiger partial charge on any atom is -0.282 e. The Balaban J connectivity index is 4.00. The molecule has 0 spiro atoms. The normalized spacial score (nSPS) is 13.8. The first-order valence-corrected chi connectivity index (χ1v) is 7.88. The first-order valence-electron chi connectivity index (χ1n) is 5.91. The largest absolute Gasteiger partial charge is 0.282 e. The van der Waals surface area contributed by atoms with Gasteiger partial charge in [-0.2, -0.15) is 0 Å². The maximum absolute atomic E-state index is 11.4. The van der Waals surface area contributed by atoms with Crippen molar-refractivity contribution in [3.63, 3.8) is 0 Å². The summed E-state index contributed by atoms with van der Waals surface area (Å²) < 4.78 is 0. The lowest BCUT2D eigenvalue weighted by Crippen LogP contribution is -2.15. The zero-order chi connectivity index (χ0) is 14.3. The molecule has 0 aliphatic rings. The molecular weight excluding hydrogens is 264 g/mol. The lowest BCUT2D eigenvalue weighted by Gasteiger charge is -2.18. The van der Waals surface area contributed by atoms with E-state index in [9.17, 15) is 9.59 Å². The molecule has 0 N–H and O–H groups in total. The molecule has 0 saturated heterocycles. The topological polar surface area (TPSA) is 34.1 Å². The van der Waals surface area contributed by atoms with Crippen LogP contribution in [0.1, 0.15) is 27.7 Å². The number of rotatable bonds is 7. The van der Waals surface area contributed by atoms with Crippen molar-refractivity contribution in [2.24, 2.45) is 11.8 Å². The van der Waals surface area contributed by atoms with Gasteiger partial charge < -0.3 is 0 Å². The van der Waals surface area contributed by atoms with Crippen LogP contribution in [0, 0.1) is 11.8 Å². The van der Waals surface area contributed by atoms with Gasteiger partial charge in [0.2, 0.25) is 10.2 Å². The van der Waals surface area contributed by atoms with Crippen molar-refractivity contribution < 1.29 is 9.59 Å². The van der Waals surface area contributed by atoms with Crippen LogP contribution >= 0.6 is 23.5 Å². The Morgan fingerprint density at radius 2 is 1.17 bits per heavy atom. The minimum absolute atomic E-state index is 0.0553. The van der Waals surface area contributed by atoms with Gasteiger partial charge in [0.1, 0.15) is 0 Å². The van der Waals surface area contributed by atoms with Crippen molar-refractivity contribution >= 4 is 33.8 Å². The summed E-state index contributed by atoms with van der Waals surface area (Å²) in [5.41, 5.74) is 1.18. The van der Waals surface area contributed by atoms with E-state index in [1.165, 1.54) is 23.5 Å². The summed E-state index contributed by atoms with van der Waals surface area (Å²) in [7, 11) is 0. The minimum atomic E-state index is 0.0553. The van der Waals surface area contributed by atoms with Crippen molar-refractivity contribution in [3.05, 3.63) is 24.3 Å². The van der Waals surface area contributed by atoms with Crippen LogP contribution in [0.25, 0.3) is 0 Å². The Morgan fingerprint density at radius 1 is 0.889 bits per heavy atom. The van der Waals surface area contributed by atoms with Crippen molar-refractivity contribution in [1.82, 2.24) is 0 Å². The van der Waals surface area contributed by atoms with Crippen molar-refractivity contribution in [3.8, 4) is 0 Å². The van der Waals surface area contributed by atoms with E-state index in [2.05, 4.69) is 27.0 Å². The summed E-state index contributed by atoms with van der Waals surface area (Å²) in [6, 6.07) is 0. The summed E-state index contributed by atoms with van der Waals surface area (Å²) in [6.07, 6.45) is 0. The average Bonchev–Trinajstić information content (AvgIpc) is 2.31. The summed E-state index contributed by atoms with van der Waals surface area (Å²) in [4.78, 5) is 22.8. The SMILES string of the molecule is C=C(C)C(=O)SCC(C)C(C)CSC(=O)C(=C)C. The van der Waals surface area contributed by atoms with Crippen molar-refractivity contribution in [2.45, 2.75) is 27.7 Å². The van der Waals surface area contributed by atoms with Gasteiger partial charge in [-0.05, 0) is 36.8 Å². The number of hydrogen-bond donors (Lipinski definition) is 0. The number of thioether (sulfide) groups is 2. The highest BCUT2D eigenvalue weighted by atomic mass is 32.2. The Bertz CT molecular complexity index is 314. The smallest absolute Gasteiger partial charge is 0.214 e. The Labute approximate surface area is 119 Å². The molecule has 0 aliphatic heterocycles. The first-order chi connectivity index (χ1) is 8.25. The highest BCUT2D eigenvalue weighted by Gasteiger charge is 2.16. The van der Waals surface area contributed by atoms with Crippen LogP contribution in [0.5, 0.6) is 0 Å². The Hall–Kier alpha value is -0.480. The van der Waals surface area contributed by atoms with Crippen molar-refractivity contribution in [1.29, 1.82) is 0 Å². The molecule has 0 rings (SSSR count). The molecule has 0 fully saturated rings. The van der Waals surface area contributed by atoms with E-state index >= 15 is 0 Å². The molecule has 0 heterocycles. The number of hydrogen-bond acceptors (Lipinski definition) is 4. The molecule has 0 radical (unpaired) electrons. The molecule has 0 aromatic heterocycles. The molecule has 4 heteroatoms. The average molecular weight is 286 g/mol. The maximum atomic E-state index is 11.4. The summed E-state index contributed by atoms with van der Waals surface area (Å²) >= 11 is 2.62. The third-order valence-electron chi connectivity index (χ3n) is 2.62. The fourth-order valence-corrected chi connectivity index (χ4v) is 2.97. The van der Waals surface area contributed by atoms with Gasteiger partial charge in [0, 0.05) is 11.5 Å². The van der Waals surface area contributed by atoms with Crippen LogP contribution in [0.3, 0.4) is 0 Å². The fourth-order valence-electron chi connectivity index (χ4n) is 0.989. The zero-order valence-electron chi connectivity index (χ0n) is 11.6. The van der Waals surface area contributed by atoms with E-state index in [0.717, 1.165) is 11.5 Å². The first kappa shape index (κ1) is 17.5. The fraction of sp³-hybridized carbons (Fsp3) is 0.571. The maximum Gasteiger partial charge on any atom is 0.214 e. The van der Waals surface area contributed by atoms with Crippen LogP contribution < -0.4 is 0 Å². The molecule has 2 atom stereocenters. The monoisotopic (exact) mass is 286 g/mol. The van der Waals surface area contributed by atoms with Crippen LogP contribution in [-0.2, 0) is 9.59 Å². The van der Waals surface area contributed by atoms with E-state index in [1.807, 2.05) is 0 Å². The van der Waals surface area contributed by atoms with Crippen LogP contribution in [0.15, 0.2) is 24.3 Å². The van der Waals surface area contributed by atoms with Gasteiger partial charge in [-0.15, -0.1) is 0 Å². The lowest BCUT2D eigenvalue weighted by molar-refractivity contribution is -0.108. The van der Waals surface area contributed by atoms with Gasteiger partial charge in [-0.25, -0.2) is 0 Å². The molecule has 0 bridgehead atoms. The van der Waals surface area contributed by atoms with Gasteiger partial charge in [-0.3, -0.25) is 9.59 Å². The molecular formula is C14H22O2S2. The van der Waals surface area contributed by atoms with Gasteiger partial charge in [0.25, 0.3) is 0 Å². The second kappa shape index (κ2) is 8.59. The van der Waals surface area contributed by atoms with Crippen LogP contribution in [0.4, 0.5) is 0 Å². The molecule has 0 saturated carbocycles. The van der Waals surface area contributed by atoms with E-state index in [-0.39, 0.29) is 10.2 Å². The van der Waals surface area contributed by atoms with E-state index in [4.69, 9.17) is 0 Å². The van der Waals surface area contributed by atoms with Gasteiger partial charge in [0.15, 0.2) is 0 Å². The Kier molecular flexibility index (Phi) is 8.36. The molecule has 102 valence electrons. The van der Waals surface area contributed by atoms with Crippen molar-refractivity contribution in [2.75, 3.05) is 11.5 Å². The molecule has 0 amide bonds. The Morgan fingerprint density at radius 3 is 1.39 bits per heavy atom. The molecule has 0 aromatic rings. The second-order valence-corrected chi connectivity index (χ2v) is 6.70. The molecule has 0 aliphatic carbocycles. The van der Waals surface area contributed by atoms with Gasteiger partial charge in [-0.1, -0.05) is 50.5 Å². The lowest BCUT2D eigenvalue weighted by atomic mass is 10.0. The zero-order valence-corrected chi connectivity index (χ0v) is 13.2. The van der Waals surface area contributed by atoms with E-state index in [1.54, 1.807) is 13.8 Å². The quantitative estimate of drug-likeness (QED) is 0.664. The van der Waals surface area contributed by atoms with Crippen LogP contribution in [0.2, 0.25) is 0 Å². The van der Waals surface area contributed by atoms with Crippen LogP contribution in [-0.4, -0.2) is 21.7 Å². The number of carbonyl (C=O) groups is 2. The molecule has 18 heavy (non-hydrogen) atoms. The third-order valence-corrected chi connectivity index (χ3v) is 5.23. The molecule has 2 nitrogen and oxygen atoms in total. The molecule has 0 aromatic carbocycles. The summed E-state index contributed by atoms with van der Waals surface area (Å²) in [6.45, 7) is 14.9.